The molecule has 1 aromatic rings. The first-order valence-corrected chi connectivity index (χ1v) is 10.1. The van der Waals surface area contributed by atoms with Crippen LogP contribution in [0.4, 0.5) is 14.9 Å². The smallest absolute Gasteiger partial charge is 0.414 e. The second-order valence-corrected chi connectivity index (χ2v) is 8.27. The molecule has 1 fully saturated rings. The fourth-order valence-electron chi connectivity index (χ4n) is 2.18. The highest BCUT2D eigenvalue weighted by atomic mass is 35.7. The highest BCUT2D eigenvalue weighted by molar-refractivity contribution is 8.13. The molecule has 27 heavy (non-hydrogen) atoms. The Morgan fingerprint density at radius 1 is 1.48 bits per heavy atom. The largest absolute Gasteiger partial charge is 0.444 e. The summed E-state index contributed by atoms with van der Waals surface area (Å²) in [6, 6.07) is 4.26. The summed E-state index contributed by atoms with van der Waals surface area (Å²) >= 11 is 0. The first-order chi connectivity index (χ1) is 12.6. The van der Waals surface area contributed by atoms with Crippen molar-refractivity contribution in [3.8, 4) is 0 Å². The number of halogens is 2. The Hall–Kier alpha value is -2.11. The minimum Gasteiger partial charge on any atom is -0.444 e. The number of amides is 1. The lowest BCUT2D eigenvalue weighted by molar-refractivity contribution is -0.107. The number of azide groups is 1. The number of carbonyl (C=O) groups is 1. The van der Waals surface area contributed by atoms with E-state index in [0.717, 1.165) is 6.26 Å². The predicted molar refractivity (Wildman–Crippen MR) is 95.5 cm³/mol. The molecule has 1 amide bonds. The Labute approximate surface area is 159 Å². The van der Waals surface area contributed by atoms with E-state index in [0.29, 0.717) is 5.69 Å². The lowest BCUT2D eigenvalue weighted by atomic mass is 10.1. The highest BCUT2D eigenvalue weighted by Crippen LogP contribution is 2.27. The first kappa shape index (κ1) is 22.9. The average Bonchev–Trinajstić information content (AvgIpc) is 2.94. The van der Waals surface area contributed by atoms with Crippen molar-refractivity contribution in [1.29, 1.82) is 0 Å². The molecule has 1 aromatic carbocycles. The third-order valence-corrected chi connectivity index (χ3v) is 3.20. The van der Waals surface area contributed by atoms with Crippen molar-refractivity contribution < 1.29 is 31.8 Å². The van der Waals surface area contributed by atoms with Crippen molar-refractivity contribution >= 4 is 31.5 Å². The van der Waals surface area contributed by atoms with Crippen LogP contribution < -0.4 is 4.90 Å². The predicted octanol–water partition coefficient (Wildman–Crippen LogP) is 2.94. The van der Waals surface area contributed by atoms with Crippen molar-refractivity contribution in [3.05, 3.63) is 40.0 Å². The third-order valence-electron chi connectivity index (χ3n) is 3.20. The van der Waals surface area contributed by atoms with Crippen molar-refractivity contribution in [3.63, 3.8) is 0 Å². The van der Waals surface area contributed by atoms with Gasteiger partial charge in [-0.2, -0.15) is 0 Å². The number of anilines is 1. The zero-order valence-corrected chi connectivity index (χ0v) is 16.3. The van der Waals surface area contributed by atoms with Gasteiger partial charge in [0.2, 0.25) is 9.05 Å². The number of benzene rings is 1. The minimum atomic E-state index is -3.19. The molecular weight excluding hydrogens is 407 g/mol. The molecule has 0 aromatic heterocycles. The van der Waals surface area contributed by atoms with E-state index < -0.39 is 33.4 Å². The number of nitrogens with zero attached hydrogens (tertiary/aromatic N) is 4. The molecule has 150 valence electrons. The van der Waals surface area contributed by atoms with Crippen LogP contribution in [0.3, 0.4) is 0 Å². The maximum absolute atomic E-state index is 14.1. The van der Waals surface area contributed by atoms with E-state index in [1.165, 1.54) is 31.3 Å². The summed E-state index contributed by atoms with van der Waals surface area (Å²) in [4.78, 5) is 15.7. The summed E-state index contributed by atoms with van der Waals surface area (Å²) in [7, 11) is 4.11. The van der Waals surface area contributed by atoms with Crippen molar-refractivity contribution in [2.75, 3.05) is 38.5 Å². The summed E-state index contributed by atoms with van der Waals surface area (Å²) in [6.45, 7) is 0.226. The summed E-state index contributed by atoms with van der Waals surface area (Å²) in [5.74, 6) is -0.558. The second kappa shape index (κ2) is 10.3. The van der Waals surface area contributed by atoms with Crippen LogP contribution in [0, 0.1) is 5.82 Å². The van der Waals surface area contributed by atoms with Crippen LogP contribution in [0.25, 0.3) is 10.4 Å². The van der Waals surface area contributed by atoms with Crippen molar-refractivity contribution in [2.45, 2.75) is 12.4 Å². The van der Waals surface area contributed by atoms with Gasteiger partial charge in [-0.25, -0.2) is 17.6 Å². The zero-order valence-electron chi connectivity index (χ0n) is 14.7. The van der Waals surface area contributed by atoms with E-state index in [-0.39, 0.29) is 18.7 Å². The molecule has 0 saturated carbocycles. The number of hydrogen-bond acceptors (Lipinski definition) is 7. The maximum Gasteiger partial charge on any atom is 0.414 e. The van der Waals surface area contributed by atoms with Crippen LogP contribution >= 0.6 is 10.7 Å². The molecule has 1 saturated heterocycles. The van der Waals surface area contributed by atoms with Crippen LogP contribution in [0.5, 0.6) is 0 Å². The fourth-order valence-corrected chi connectivity index (χ4v) is 2.18. The molecule has 1 heterocycles. The highest BCUT2D eigenvalue weighted by Gasteiger charge is 2.32. The minimum absolute atomic E-state index is 0.0364. The first-order valence-electron chi connectivity index (χ1n) is 7.34. The lowest BCUT2D eigenvalue weighted by Gasteiger charge is -2.17. The molecule has 13 heteroatoms. The molecule has 0 unspecified atom stereocenters. The molecule has 1 aliphatic heterocycles. The van der Waals surface area contributed by atoms with E-state index in [1.54, 1.807) is 6.07 Å². The van der Waals surface area contributed by atoms with Crippen LogP contribution in [0.2, 0.25) is 0 Å². The van der Waals surface area contributed by atoms with Gasteiger partial charge < -0.3 is 14.2 Å². The Morgan fingerprint density at radius 3 is 2.56 bits per heavy atom. The lowest BCUT2D eigenvalue weighted by Crippen LogP contribution is -2.25. The number of ether oxygens (including phenoxy) is 3. The fraction of sp³-hybridized carbons (Fsp3) is 0.500. The molecular formula is C14H18ClFN4O6S. The van der Waals surface area contributed by atoms with Gasteiger partial charge in [0.25, 0.3) is 0 Å². The van der Waals surface area contributed by atoms with Gasteiger partial charge >= 0.3 is 6.09 Å². The van der Waals surface area contributed by atoms with Crippen molar-refractivity contribution in [2.24, 2.45) is 5.11 Å². The molecule has 0 spiro atoms. The van der Waals surface area contributed by atoms with E-state index in [4.69, 9.17) is 19.7 Å². The molecule has 10 nitrogen and oxygen atoms in total. The van der Waals surface area contributed by atoms with Crippen LogP contribution in [-0.2, 0) is 23.3 Å². The summed E-state index contributed by atoms with van der Waals surface area (Å²) < 4.78 is 48.0. The summed E-state index contributed by atoms with van der Waals surface area (Å²) in [5.41, 5.74) is 8.85. The van der Waals surface area contributed by atoms with E-state index in [2.05, 4.69) is 20.7 Å². The molecule has 2 rings (SSSR count). The van der Waals surface area contributed by atoms with Gasteiger partial charge in [-0.15, -0.1) is 0 Å². The van der Waals surface area contributed by atoms with Gasteiger partial charge in [-0.3, -0.25) is 4.90 Å². The van der Waals surface area contributed by atoms with Crippen molar-refractivity contribution in [1.82, 2.24) is 0 Å². The van der Waals surface area contributed by atoms with E-state index >= 15 is 0 Å². The SMILES string of the molecule is COC(OC)c1ccc(N2C[C@@H](CN=[N+]=[N-])OC2=O)cc1F.CS(=O)(=O)Cl. The number of rotatable bonds is 6. The summed E-state index contributed by atoms with van der Waals surface area (Å²) in [5, 5.41) is 3.36. The van der Waals surface area contributed by atoms with Crippen LogP contribution in [0.15, 0.2) is 23.3 Å². The zero-order chi connectivity index (χ0) is 20.6. The average molecular weight is 425 g/mol. The standard InChI is InChI=1S/C13H15FN4O4.CH3ClO2S/c1-20-12(21-2)10-4-3-8(5-11(10)14)18-7-9(6-16-17-15)22-13(18)19;1-5(2,3)4/h3-5,9,12H,6-7H2,1-2H3;1H3/t9-;/m1./s1. The van der Waals surface area contributed by atoms with Gasteiger partial charge in [-0.1, -0.05) is 5.11 Å². The molecule has 0 aliphatic carbocycles. The Morgan fingerprint density at radius 2 is 2.07 bits per heavy atom. The second-order valence-electron chi connectivity index (χ2n) is 5.22. The van der Waals surface area contributed by atoms with Crippen LogP contribution in [-0.4, -0.2) is 54.2 Å². The monoisotopic (exact) mass is 424 g/mol. The normalized spacial score (nSPS) is 16.4. The topological polar surface area (TPSA) is 131 Å². The van der Waals surface area contributed by atoms with Gasteiger partial charge in [0.1, 0.15) is 11.9 Å². The summed E-state index contributed by atoms with van der Waals surface area (Å²) in [6.07, 6.45) is -1.05. The Bertz CT molecular complexity index is 806. The van der Waals surface area contributed by atoms with Gasteiger partial charge in [0.05, 0.1) is 25.0 Å². The quantitative estimate of drug-likeness (QED) is 0.227. The van der Waals surface area contributed by atoms with Gasteiger partial charge in [0, 0.05) is 35.4 Å². The number of cyclic esters (lactones) is 1. The molecule has 0 N–H and O–H groups in total. The molecule has 0 bridgehead atoms. The number of hydrogen-bond donors (Lipinski definition) is 0. The van der Waals surface area contributed by atoms with E-state index in [9.17, 15) is 17.6 Å². The third kappa shape index (κ3) is 7.57. The molecule has 0 radical (unpaired) electrons. The number of carbonyl (C=O) groups excluding carboxylic acids is 1. The Balaban J connectivity index is 0.000000646. The maximum atomic E-state index is 14.1. The molecule has 1 aliphatic rings. The van der Waals surface area contributed by atoms with Gasteiger partial charge in [0.15, 0.2) is 6.29 Å². The number of methoxy groups -OCH3 is 2. The van der Waals surface area contributed by atoms with Gasteiger partial charge in [-0.05, 0) is 23.7 Å². The van der Waals surface area contributed by atoms with Crippen LogP contribution in [0.1, 0.15) is 11.9 Å². The van der Waals surface area contributed by atoms with E-state index in [1.807, 2.05) is 0 Å². The molecule has 1 atom stereocenters. The Kier molecular flexibility index (Phi) is 8.73.